The second-order valence-electron chi connectivity index (χ2n) is 6.52. The highest BCUT2D eigenvalue weighted by Gasteiger charge is 2.34. The number of thiocarbonyl (C=S) groups is 1. The molecule has 1 atom stereocenters. The van der Waals surface area contributed by atoms with Gasteiger partial charge in [0.1, 0.15) is 6.04 Å². The van der Waals surface area contributed by atoms with E-state index in [1.807, 2.05) is 26.0 Å². The number of esters is 1. The van der Waals surface area contributed by atoms with E-state index in [1.54, 1.807) is 17.0 Å². The molecule has 1 fully saturated rings. The number of amides is 2. The van der Waals surface area contributed by atoms with Gasteiger partial charge in [0.15, 0.2) is 5.11 Å². The molecule has 2 rings (SSSR count). The summed E-state index contributed by atoms with van der Waals surface area (Å²) in [5.41, 5.74) is 0.495. The standard InChI is InChI=1S/C18H22IN3O4S/c1-11(2)10-26-15(23)9-14-17(25)20-7-8-22(14)18(27)21-16(24)12-5-3-4-6-13(12)19/h3-6,11,14H,7-10H2,1-2H3,(H,20,25)(H,21,24,27). The lowest BCUT2D eigenvalue weighted by Crippen LogP contribution is -2.60. The second kappa shape index (κ2) is 9.98. The number of carbonyl (C=O) groups excluding carboxylic acids is 3. The van der Waals surface area contributed by atoms with Crippen LogP contribution in [-0.2, 0) is 14.3 Å². The number of hydrogen-bond donors (Lipinski definition) is 2. The number of nitrogens with one attached hydrogen (secondary N) is 2. The Bertz CT molecular complexity index is 741. The van der Waals surface area contributed by atoms with Crippen LogP contribution in [-0.4, -0.2) is 53.5 Å². The van der Waals surface area contributed by atoms with Gasteiger partial charge in [-0.05, 0) is 52.9 Å². The van der Waals surface area contributed by atoms with E-state index in [2.05, 4.69) is 33.2 Å². The van der Waals surface area contributed by atoms with Gasteiger partial charge in [-0.2, -0.15) is 0 Å². The zero-order valence-electron chi connectivity index (χ0n) is 15.2. The minimum atomic E-state index is -0.805. The molecule has 7 nitrogen and oxygen atoms in total. The van der Waals surface area contributed by atoms with Crippen molar-refractivity contribution >= 4 is 57.7 Å². The topological polar surface area (TPSA) is 87.7 Å². The summed E-state index contributed by atoms with van der Waals surface area (Å²) in [6.07, 6.45) is -0.128. The molecule has 0 radical (unpaired) electrons. The van der Waals surface area contributed by atoms with Gasteiger partial charge >= 0.3 is 5.97 Å². The van der Waals surface area contributed by atoms with Crippen LogP contribution in [0.15, 0.2) is 24.3 Å². The Balaban J connectivity index is 2.05. The first-order valence-electron chi connectivity index (χ1n) is 8.59. The van der Waals surface area contributed by atoms with Crippen molar-refractivity contribution in [1.82, 2.24) is 15.5 Å². The Labute approximate surface area is 177 Å². The van der Waals surface area contributed by atoms with E-state index in [1.165, 1.54) is 0 Å². The van der Waals surface area contributed by atoms with Crippen LogP contribution in [0.4, 0.5) is 0 Å². The predicted molar refractivity (Wildman–Crippen MR) is 113 cm³/mol. The molecular formula is C18H22IN3O4S. The van der Waals surface area contributed by atoms with Crippen molar-refractivity contribution in [3.8, 4) is 0 Å². The minimum absolute atomic E-state index is 0.121. The first kappa shape index (κ1) is 21.5. The Morgan fingerprint density at radius 3 is 2.78 bits per heavy atom. The smallest absolute Gasteiger partial charge is 0.308 e. The maximum atomic E-state index is 12.5. The number of ether oxygens (including phenoxy) is 1. The summed E-state index contributed by atoms with van der Waals surface area (Å²) in [5, 5.41) is 5.50. The molecule has 1 aromatic rings. The molecule has 0 bridgehead atoms. The van der Waals surface area contributed by atoms with Crippen LogP contribution in [0, 0.1) is 9.49 Å². The molecule has 9 heteroatoms. The minimum Gasteiger partial charge on any atom is -0.465 e. The summed E-state index contributed by atoms with van der Waals surface area (Å²) >= 11 is 7.41. The zero-order valence-corrected chi connectivity index (χ0v) is 18.1. The fraction of sp³-hybridized carbons (Fsp3) is 0.444. The van der Waals surface area contributed by atoms with Gasteiger partial charge in [0.2, 0.25) is 5.91 Å². The maximum Gasteiger partial charge on any atom is 0.308 e. The summed E-state index contributed by atoms with van der Waals surface area (Å²) in [6.45, 7) is 4.94. The summed E-state index contributed by atoms with van der Waals surface area (Å²) < 4.78 is 5.96. The lowest BCUT2D eigenvalue weighted by Gasteiger charge is -2.36. The number of nitrogens with zero attached hydrogens (tertiary/aromatic N) is 1. The summed E-state index contributed by atoms with van der Waals surface area (Å²) in [7, 11) is 0. The summed E-state index contributed by atoms with van der Waals surface area (Å²) in [5.74, 6) is -0.924. The van der Waals surface area contributed by atoms with E-state index in [4.69, 9.17) is 17.0 Å². The van der Waals surface area contributed by atoms with Crippen LogP contribution >= 0.6 is 34.8 Å². The molecule has 2 amide bonds. The quantitative estimate of drug-likeness (QED) is 0.362. The SMILES string of the molecule is CC(C)COC(=O)CC1C(=O)NCCN1C(=S)NC(=O)c1ccccc1I. The normalized spacial score (nSPS) is 16.7. The van der Waals surface area contributed by atoms with Gasteiger partial charge in [0.05, 0.1) is 18.6 Å². The van der Waals surface area contributed by atoms with E-state index in [9.17, 15) is 14.4 Å². The molecule has 1 saturated heterocycles. The highest BCUT2D eigenvalue weighted by atomic mass is 127. The van der Waals surface area contributed by atoms with E-state index in [-0.39, 0.29) is 29.3 Å². The number of rotatable bonds is 5. The Morgan fingerprint density at radius 2 is 2.11 bits per heavy atom. The van der Waals surface area contributed by atoms with Crippen molar-refractivity contribution < 1.29 is 19.1 Å². The number of benzene rings is 1. The molecule has 1 aliphatic heterocycles. The van der Waals surface area contributed by atoms with Gasteiger partial charge in [-0.1, -0.05) is 26.0 Å². The highest BCUT2D eigenvalue weighted by molar-refractivity contribution is 14.1. The lowest BCUT2D eigenvalue weighted by atomic mass is 10.1. The van der Waals surface area contributed by atoms with Crippen molar-refractivity contribution in [2.45, 2.75) is 26.3 Å². The molecular weight excluding hydrogens is 481 g/mol. The van der Waals surface area contributed by atoms with Gasteiger partial charge in [-0.3, -0.25) is 19.7 Å². The van der Waals surface area contributed by atoms with E-state index in [0.717, 1.165) is 3.57 Å². The van der Waals surface area contributed by atoms with Crippen molar-refractivity contribution in [2.24, 2.45) is 5.92 Å². The van der Waals surface area contributed by atoms with Crippen LogP contribution in [0.25, 0.3) is 0 Å². The highest BCUT2D eigenvalue weighted by Crippen LogP contribution is 2.14. The molecule has 1 unspecified atom stereocenters. The van der Waals surface area contributed by atoms with Gasteiger partial charge in [0.25, 0.3) is 5.91 Å². The van der Waals surface area contributed by atoms with Crippen molar-refractivity contribution in [2.75, 3.05) is 19.7 Å². The molecule has 1 heterocycles. The number of carbonyl (C=O) groups is 3. The zero-order chi connectivity index (χ0) is 20.0. The maximum absolute atomic E-state index is 12.5. The first-order chi connectivity index (χ1) is 12.8. The average molecular weight is 503 g/mol. The molecule has 27 heavy (non-hydrogen) atoms. The molecule has 0 saturated carbocycles. The van der Waals surface area contributed by atoms with Crippen LogP contribution in [0.5, 0.6) is 0 Å². The third-order valence-corrected chi connectivity index (χ3v) is 5.15. The van der Waals surface area contributed by atoms with Gasteiger partial charge in [0, 0.05) is 16.7 Å². The number of halogens is 1. The third-order valence-electron chi connectivity index (χ3n) is 3.87. The van der Waals surface area contributed by atoms with Crippen LogP contribution in [0.2, 0.25) is 0 Å². The van der Waals surface area contributed by atoms with Gasteiger partial charge in [-0.25, -0.2) is 0 Å². The average Bonchev–Trinajstić information content (AvgIpc) is 2.61. The molecule has 1 aromatic carbocycles. The molecule has 1 aliphatic rings. The van der Waals surface area contributed by atoms with Crippen molar-refractivity contribution in [1.29, 1.82) is 0 Å². The van der Waals surface area contributed by atoms with E-state index < -0.39 is 12.0 Å². The Kier molecular flexibility index (Phi) is 7.96. The Morgan fingerprint density at radius 1 is 1.41 bits per heavy atom. The predicted octanol–water partition coefficient (Wildman–Crippen LogP) is 1.70. The molecule has 146 valence electrons. The van der Waals surface area contributed by atoms with Crippen molar-refractivity contribution in [3.05, 3.63) is 33.4 Å². The summed E-state index contributed by atoms with van der Waals surface area (Å²) in [4.78, 5) is 38.4. The fourth-order valence-corrected chi connectivity index (χ4v) is 3.46. The van der Waals surface area contributed by atoms with E-state index >= 15 is 0 Å². The fourth-order valence-electron chi connectivity index (χ4n) is 2.52. The largest absolute Gasteiger partial charge is 0.465 e. The van der Waals surface area contributed by atoms with Crippen LogP contribution in [0.1, 0.15) is 30.6 Å². The molecule has 0 aliphatic carbocycles. The second-order valence-corrected chi connectivity index (χ2v) is 8.07. The van der Waals surface area contributed by atoms with Gasteiger partial charge in [-0.15, -0.1) is 0 Å². The monoisotopic (exact) mass is 503 g/mol. The molecule has 2 N–H and O–H groups in total. The van der Waals surface area contributed by atoms with E-state index in [0.29, 0.717) is 25.3 Å². The van der Waals surface area contributed by atoms with Crippen molar-refractivity contribution in [3.63, 3.8) is 0 Å². The molecule has 0 spiro atoms. The van der Waals surface area contributed by atoms with Crippen LogP contribution in [0.3, 0.4) is 0 Å². The third kappa shape index (κ3) is 6.13. The number of hydrogen-bond acceptors (Lipinski definition) is 5. The molecule has 0 aromatic heterocycles. The Hall–Kier alpha value is -1.75. The summed E-state index contributed by atoms with van der Waals surface area (Å²) in [6, 6.07) is 6.32. The van der Waals surface area contributed by atoms with Crippen LogP contribution < -0.4 is 10.6 Å². The lowest BCUT2D eigenvalue weighted by molar-refractivity contribution is -0.148. The van der Waals surface area contributed by atoms with Gasteiger partial charge < -0.3 is 15.0 Å². The number of piperazine rings is 1. The first-order valence-corrected chi connectivity index (χ1v) is 10.1.